The predicted molar refractivity (Wildman–Crippen MR) is 145 cm³/mol. The van der Waals surface area contributed by atoms with Gasteiger partial charge in [0.05, 0.1) is 13.2 Å². The Balaban J connectivity index is 1.53. The zero-order valence-corrected chi connectivity index (χ0v) is 21.1. The van der Waals surface area contributed by atoms with Crippen molar-refractivity contribution >= 4 is 11.8 Å². The molecule has 37 heavy (non-hydrogen) atoms. The summed E-state index contributed by atoms with van der Waals surface area (Å²) < 4.78 is 11.1. The Bertz CT molecular complexity index is 1360. The molecular weight excluding hydrogens is 460 g/mol. The van der Waals surface area contributed by atoms with Gasteiger partial charge in [-0.3, -0.25) is 0 Å². The molecule has 186 valence electrons. The maximum Gasteiger partial charge on any atom is 0.336 e. The minimum Gasteiger partial charge on any atom is -0.497 e. The van der Waals surface area contributed by atoms with Crippen molar-refractivity contribution in [2.45, 2.75) is 31.7 Å². The van der Waals surface area contributed by atoms with E-state index in [1.54, 1.807) is 7.11 Å². The summed E-state index contributed by atoms with van der Waals surface area (Å²) in [4.78, 5) is 21.2. The third-order valence-electron chi connectivity index (χ3n) is 6.74. The number of ether oxygens (including phenoxy) is 2. The molecule has 0 bridgehead atoms. The molecule has 0 aromatic heterocycles. The minimum atomic E-state index is -1.15. The topological polar surface area (TPSA) is 51.1 Å². The van der Waals surface area contributed by atoms with E-state index in [0.717, 1.165) is 33.8 Å². The van der Waals surface area contributed by atoms with E-state index in [2.05, 4.69) is 29.2 Å². The molecule has 0 radical (unpaired) electrons. The second kappa shape index (κ2) is 10.7. The van der Waals surface area contributed by atoms with Crippen LogP contribution in [0.25, 0.3) is 0 Å². The lowest BCUT2D eigenvalue weighted by atomic mass is 9.87. The third-order valence-corrected chi connectivity index (χ3v) is 6.74. The van der Waals surface area contributed by atoms with E-state index in [4.69, 9.17) is 14.5 Å². The zero-order chi connectivity index (χ0) is 25.7. The number of hydrogen-bond acceptors (Lipinski definition) is 5. The zero-order valence-electron chi connectivity index (χ0n) is 21.1. The molecule has 0 amide bonds. The van der Waals surface area contributed by atoms with E-state index >= 15 is 0 Å². The van der Waals surface area contributed by atoms with Crippen LogP contribution >= 0.6 is 0 Å². The molecule has 4 aromatic carbocycles. The lowest BCUT2D eigenvalue weighted by Crippen LogP contribution is -2.44. The number of nitrogens with zero attached hydrogens (tertiary/aromatic N) is 2. The van der Waals surface area contributed by atoms with E-state index in [-0.39, 0.29) is 18.6 Å². The highest BCUT2D eigenvalue weighted by atomic mass is 16.5. The Kier molecular flexibility index (Phi) is 7.04. The number of benzene rings is 4. The largest absolute Gasteiger partial charge is 0.497 e. The third kappa shape index (κ3) is 5.12. The van der Waals surface area contributed by atoms with Crippen molar-refractivity contribution < 1.29 is 14.3 Å². The second-order valence-electron chi connectivity index (χ2n) is 9.30. The molecule has 0 aliphatic carbocycles. The van der Waals surface area contributed by atoms with Crippen molar-refractivity contribution in [2.24, 2.45) is 4.99 Å². The van der Waals surface area contributed by atoms with Gasteiger partial charge in [0.1, 0.15) is 18.2 Å². The van der Waals surface area contributed by atoms with Crippen LogP contribution in [0.2, 0.25) is 0 Å². The second-order valence-corrected chi connectivity index (χ2v) is 9.30. The summed E-state index contributed by atoms with van der Waals surface area (Å²) in [5.74, 6) is 1.18. The Hall–Kier alpha value is -4.38. The molecule has 1 heterocycles. The molecule has 0 saturated carbocycles. The maximum absolute atomic E-state index is 13.8. The summed E-state index contributed by atoms with van der Waals surface area (Å²) in [6.07, 6.45) is 0. The molecular formula is C32H30N2O3. The molecule has 0 N–H and O–H groups in total. The van der Waals surface area contributed by atoms with E-state index in [0.29, 0.717) is 6.54 Å². The summed E-state index contributed by atoms with van der Waals surface area (Å²) in [6.45, 7) is 2.65. The van der Waals surface area contributed by atoms with Gasteiger partial charge in [0.25, 0.3) is 0 Å². The van der Waals surface area contributed by atoms with Crippen molar-refractivity contribution in [3.63, 3.8) is 0 Å². The van der Waals surface area contributed by atoms with Gasteiger partial charge >= 0.3 is 5.97 Å². The molecule has 5 rings (SSSR count). The fourth-order valence-electron chi connectivity index (χ4n) is 4.85. The minimum absolute atomic E-state index is 0.162. The molecule has 0 spiro atoms. The highest BCUT2D eigenvalue weighted by molar-refractivity contribution is 6.04. The number of hydrogen-bond donors (Lipinski definition) is 0. The summed E-state index contributed by atoms with van der Waals surface area (Å²) in [6, 6.07) is 37.6. The van der Waals surface area contributed by atoms with Gasteiger partial charge in [0.2, 0.25) is 0 Å². The first-order valence-electron chi connectivity index (χ1n) is 12.4. The number of carbonyl (C=O) groups is 1. The van der Waals surface area contributed by atoms with Crippen LogP contribution in [0.4, 0.5) is 0 Å². The van der Waals surface area contributed by atoms with Crippen LogP contribution in [0.3, 0.4) is 0 Å². The Labute approximate surface area is 218 Å². The highest BCUT2D eigenvalue weighted by Crippen LogP contribution is 2.43. The Morgan fingerprint density at radius 2 is 1.41 bits per heavy atom. The van der Waals surface area contributed by atoms with Crippen molar-refractivity contribution in [1.82, 2.24) is 4.90 Å². The van der Waals surface area contributed by atoms with Crippen molar-refractivity contribution in [2.75, 3.05) is 7.11 Å². The fourth-order valence-corrected chi connectivity index (χ4v) is 4.85. The van der Waals surface area contributed by atoms with Gasteiger partial charge in [-0.25, -0.2) is 9.79 Å². The van der Waals surface area contributed by atoms with E-state index in [1.807, 2.05) is 97.9 Å². The average Bonchev–Trinajstić information content (AvgIpc) is 3.26. The Morgan fingerprint density at radius 1 is 0.811 bits per heavy atom. The number of methoxy groups -OCH3 is 1. The van der Waals surface area contributed by atoms with E-state index in [1.165, 1.54) is 0 Å². The predicted octanol–water partition coefficient (Wildman–Crippen LogP) is 6.20. The van der Waals surface area contributed by atoms with Crippen molar-refractivity contribution in [3.8, 4) is 5.75 Å². The molecule has 1 aliphatic rings. The molecule has 2 atom stereocenters. The standard InChI is InChI=1S/C32H30N2O3/c1-32(31(35)37-23-25-18-20-28(36-2)21-19-25)29(26-14-8-4-9-15-26)34(22-24-12-6-3-7-13-24)30(33-32)27-16-10-5-11-17-27/h3-21,29H,22-23H2,1-2H3. The number of aliphatic imine (C=N–C) groups is 1. The van der Waals surface area contributed by atoms with E-state index < -0.39 is 5.54 Å². The van der Waals surface area contributed by atoms with Gasteiger partial charge in [0.15, 0.2) is 5.54 Å². The van der Waals surface area contributed by atoms with Crippen LogP contribution in [0.15, 0.2) is 120 Å². The van der Waals surface area contributed by atoms with Crippen LogP contribution in [0.5, 0.6) is 5.75 Å². The summed E-state index contributed by atoms with van der Waals surface area (Å²) in [5, 5.41) is 0. The smallest absolute Gasteiger partial charge is 0.336 e. The molecule has 1 aliphatic heterocycles. The first-order chi connectivity index (χ1) is 18.1. The summed E-state index contributed by atoms with van der Waals surface area (Å²) in [7, 11) is 1.63. The SMILES string of the molecule is COc1ccc(COC(=O)C2(C)N=C(c3ccccc3)N(Cc3ccccc3)C2c2ccccc2)cc1. The molecule has 0 fully saturated rings. The summed E-state index contributed by atoms with van der Waals surface area (Å²) >= 11 is 0. The fraction of sp³-hybridized carbons (Fsp3) is 0.188. The van der Waals surface area contributed by atoms with Crippen LogP contribution in [0.1, 0.15) is 35.2 Å². The lowest BCUT2D eigenvalue weighted by Gasteiger charge is -2.35. The quantitative estimate of drug-likeness (QED) is 0.276. The molecule has 5 nitrogen and oxygen atoms in total. The maximum atomic E-state index is 13.8. The molecule has 2 unspecified atom stereocenters. The van der Waals surface area contributed by atoms with Crippen molar-refractivity contribution in [3.05, 3.63) is 138 Å². The monoisotopic (exact) mass is 490 g/mol. The molecule has 4 aromatic rings. The van der Waals surface area contributed by atoms with Crippen LogP contribution in [-0.2, 0) is 22.7 Å². The first kappa shape index (κ1) is 24.3. The van der Waals surface area contributed by atoms with Gasteiger partial charge in [-0.1, -0.05) is 103 Å². The van der Waals surface area contributed by atoms with Gasteiger partial charge < -0.3 is 14.4 Å². The van der Waals surface area contributed by atoms with Gasteiger partial charge in [0, 0.05) is 12.1 Å². The number of amidine groups is 1. The van der Waals surface area contributed by atoms with Crippen LogP contribution in [0, 0.1) is 0 Å². The van der Waals surface area contributed by atoms with Crippen molar-refractivity contribution in [1.29, 1.82) is 0 Å². The highest BCUT2D eigenvalue weighted by Gasteiger charge is 2.52. The number of rotatable bonds is 8. The normalized spacial score (nSPS) is 18.8. The van der Waals surface area contributed by atoms with Gasteiger partial charge in [-0.05, 0) is 35.7 Å². The average molecular weight is 491 g/mol. The Morgan fingerprint density at radius 3 is 2.03 bits per heavy atom. The molecule has 0 saturated heterocycles. The number of esters is 1. The van der Waals surface area contributed by atoms with Gasteiger partial charge in [-0.15, -0.1) is 0 Å². The van der Waals surface area contributed by atoms with Crippen LogP contribution in [-0.4, -0.2) is 29.4 Å². The molecule has 5 heteroatoms. The first-order valence-corrected chi connectivity index (χ1v) is 12.4. The van der Waals surface area contributed by atoms with Crippen LogP contribution < -0.4 is 4.74 Å². The van der Waals surface area contributed by atoms with Gasteiger partial charge in [-0.2, -0.15) is 0 Å². The van der Waals surface area contributed by atoms with E-state index in [9.17, 15) is 4.79 Å². The summed E-state index contributed by atoms with van der Waals surface area (Å²) in [5.41, 5.74) is 2.86. The number of carbonyl (C=O) groups excluding carboxylic acids is 1. The lowest BCUT2D eigenvalue weighted by molar-refractivity contribution is -0.152.